The van der Waals surface area contributed by atoms with Gasteiger partial charge in [-0.1, -0.05) is 36.4 Å². The molecule has 0 amide bonds. The van der Waals surface area contributed by atoms with E-state index in [2.05, 4.69) is 4.98 Å². The minimum absolute atomic E-state index is 0.181. The molecular weight excluding hydrogens is 400 g/mol. The number of aryl methyl sites for hydroxylation is 2. The largest absolute Gasteiger partial charge is 0.460 e. The highest BCUT2D eigenvalue weighted by Crippen LogP contribution is 2.32. The Kier molecular flexibility index (Phi) is 4.50. The number of aromatic nitrogens is 4. The molecule has 0 aliphatic carbocycles. The summed E-state index contributed by atoms with van der Waals surface area (Å²) in [6.45, 7) is 0.606. The van der Waals surface area contributed by atoms with Crippen molar-refractivity contribution in [2.75, 3.05) is 6.79 Å². The maximum absolute atomic E-state index is 13.1. The van der Waals surface area contributed by atoms with Gasteiger partial charge in [-0.15, -0.1) is 0 Å². The standard InChI is InChI=1S/C22H20N4O5/c1-24-18-19(23-21(24)29-12-15-8-9-16-17(10-15)31-13-30-16)25(2)22(28)26(20(18)27)11-14-6-4-3-5-7-14/h3-10H,11-13H2,1-2H3. The van der Waals surface area contributed by atoms with E-state index in [0.29, 0.717) is 17.0 Å². The Morgan fingerprint density at radius 3 is 2.55 bits per heavy atom. The lowest BCUT2D eigenvalue weighted by Gasteiger charge is -2.09. The average molecular weight is 420 g/mol. The number of ether oxygens (including phenoxy) is 3. The van der Waals surface area contributed by atoms with E-state index in [-0.39, 0.29) is 31.6 Å². The van der Waals surface area contributed by atoms with Gasteiger partial charge in [0.1, 0.15) is 6.61 Å². The summed E-state index contributed by atoms with van der Waals surface area (Å²) in [5.74, 6) is 1.36. The molecule has 1 aliphatic rings. The normalized spacial score (nSPS) is 12.5. The SMILES string of the molecule is Cn1c(OCc2ccc3c(c2)OCO3)nc2c1c(=O)n(Cc1ccccc1)c(=O)n2C. The summed E-state index contributed by atoms with van der Waals surface area (Å²) in [5, 5.41) is 0. The topological polar surface area (TPSA) is 89.5 Å². The molecule has 5 rings (SSSR count). The molecule has 2 aromatic heterocycles. The van der Waals surface area contributed by atoms with Crippen LogP contribution in [0.1, 0.15) is 11.1 Å². The second-order valence-electron chi connectivity index (χ2n) is 7.32. The molecule has 0 bridgehead atoms. The van der Waals surface area contributed by atoms with Crippen molar-refractivity contribution in [2.24, 2.45) is 14.1 Å². The molecule has 2 aromatic carbocycles. The molecule has 158 valence electrons. The van der Waals surface area contributed by atoms with Crippen molar-refractivity contribution in [1.29, 1.82) is 0 Å². The van der Waals surface area contributed by atoms with Crippen LogP contribution >= 0.6 is 0 Å². The highest BCUT2D eigenvalue weighted by molar-refractivity contribution is 5.71. The number of fused-ring (bicyclic) bond motifs is 2. The van der Waals surface area contributed by atoms with Crippen LogP contribution in [0.25, 0.3) is 11.2 Å². The van der Waals surface area contributed by atoms with Gasteiger partial charge in [-0.05, 0) is 23.3 Å². The number of hydrogen-bond acceptors (Lipinski definition) is 6. The summed E-state index contributed by atoms with van der Waals surface area (Å²) in [5.41, 5.74) is 1.48. The summed E-state index contributed by atoms with van der Waals surface area (Å²) in [4.78, 5) is 30.4. The van der Waals surface area contributed by atoms with E-state index in [0.717, 1.165) is 11.1 Å². The van der Waals surface area contributed by atoms with Gasteiger partial charge in [-0.3, -0.25) is 18.5 Å². The molecular formula is C22H20N4O5. The molecule has 9 heteroatoms. The van der Waals surface area contributed by atoms with Crippen LogP contribution in [-0.2, 0) is 27.2 Å². The summed E-state index contributed by atoms with van der Waals surface area (Å²) < 4.78 is 20.7. The van der Waals surface area contributed by atoms with Gasteiger partial charge in [0.2, 0.25) is 6.79 Å². The monoisotopic (exact) mass is 420 g/mol. The Balaban J connectivity index is 1.50. The zero-order chi connectivity index (χ0) is 21.5. The predicted molar refractivity (Wildman–Crippen MR) is 113 cm³/mol. The first-order valence-corrected chi connectivity index (χ1v) is 9.74. The lowest BCUT2D eigenvalue weighted by Crippen LogP contribution is -2.39. The number of rotatable bonds is 5. The molecule has 9 nitrogen and oxygen atoms in total. The van der Waals surface area contributed by atoms with Crippen LogP contribution in [0.2, 0.25) is 0 Å². The molecule has 0 unspecified atom stereocenters. The molecule has 31 heavy (non-hydrogen) atoms. The van der Waals surface area contributed by atoms with Gasteiger partial charge in [0.05, 0.1) is 6.54 Å². The Bertz CT molecular complexity index is 1400. The fourth-order valence-corrected chi connectivity index (χ4v) is 3.64. The molecule has 0 fully saturated rings. The van der Waals surface area contributed by atoms with Crippen molar-refractivity contribution >= 4 is 11.2 Å². The second-order valence-corrected chi connectivity index (χ2v) is 7.32. The minimum Gasteiger partial charge on any atom is -0.460 e. The van der Waals surface area contributed by atoms with Gasteiger partial charge in [-0.25, -0.2) is 4.79 Å². The van der Waals surface area contributed by atoms with Crippen molar-refractivity contribution in [1.82, 2.24) is 18.7 Å². The number of benzene rings is 2. The number of nitrogens with zero attached hydrogens (tertiary/aromatic N) is 4. The highest BCUT2D eigenvalue weighted by atomic mass is 16.7. The van der Waals surface area contributed by atoms with E-state index in [1.165, 1.54) is 9.13 Å². The fourth-order valence-electron chi connectivity index (χ4n) is 3.64. The van der Waals surface area contributed by atoms with Crippen LogP contribution in [0.5, 0.6) is 17.5 Å². The number of imidazole rings is 1. The maximum atomic E-state index is 13.1. The quantitative estimate of drug-likeness (QED) is 0.489. The predicted octanol–water partition coefficient (Wildman–Crippen LogP) is 1.79. The lowest BCUT2D eigenvalue weighted by molar-refractivity contribution is 0.174. The van der Waals surface area contributed by atoms with Gasteiger partial charge in [-0.2, -0.15) is 4.98 Å². The molecule has 4 aromatic rings. The van der Waals surface area contributed by atoms with E-state index >= 15 is 0 Å². The third-order valence-corrected chi connectivity index (χ3v) is 5.31. The van der Waals surface area contributed by atoms with Crippen LogP contribution in [0.15, 0.2) is 58.1 Å². The highest BCUT2D eigenvalue weighted by Gasteiger charge is 2.20. The van der Waals surface area contributed by atoms with Gasteiger partial charge >= 0.3 is 5.69 Å². The van der Waals surface area contributed by atoms with E-state index in [1.807, 2.05) is 48.5 Å². The molecule has 0 atom stereocenters. The van der Waals surface area contributed by atoms with Gasteiger partial charge in [0.25, 0.3) is 11.6 Å². The number of hydrogen-bond donors (Lipinski definition) is 0. The van der Waals surface area contributed by atoms with Crippen molar-refractivity contribution in [3.8, 4) is 17.5 Å². The maximum Gasteiger partial charge on any atom is 0.332 e. The molecule has 1 aliphatic heterocycles. The third kappa shape index (κ3) is 3.24. The minimum atomic E-state index is -0.429. The van der Waals surface area contributed by atoms with Crippen LogP contribution in [-0.4, -0.2) is 25.5 Å². The first-order valence-electron chi connectivity index (χ1n) is 9.74. The van der Waals surface area contributed by atoms with Crippen LogP contribution in [0, 0.1) is 0 Å². The van der Waals surface area contributed by atoms with E-state index < -0.39 is 11.2 Å². The Labute approximate surface area is 176 Å². The lowest BCUT2D eigenvalue weighted by atomic mass is 10.2. The van der Waals surface area contributed by atoms with Crippen molar-refractivity contribution in [3.63, 3.8) is 0 Å². The summed E-state index contributed by atoms with van der Waals surface area (Å²) >= 11 is 0. The molecule has 0 radical (unpaired) electrons. The Morgan fingerprint density at radius 1 is 0.968 bits per heavy atom. The van der Waals surface area contributed by atoms with Crippen LogP contribution in [0.4, 0.5) is 0 Å². The van der Waals surface area contributed by atoms with E-state index in [9.17, 15) is 9.59 Å². The van der Waals surface area contributed by atoms with Crippen molar-refractivity contribution < 1.29 is 14.2 Å². The van der Waals surface area contributed by atoms with Crippen LogP contribution in [0.3, 0.4) is 0 Å². The second kappa shape index (κ2) is 7.35. The van der Waals surface area contributed by atoms with Gasteiger partial charge < -0.3 is 14.2 Å². The summed E-state index contributed by atoms with van der Waals surface area (Å²) in [7, 11) is 3.29. The zero-order valence-corrected chi connectivity index (χ0v) is 17.1. The fraction of sp³-hybridized carbons (Fsp3) is 0.227. The molecule has 0 N–H and O–H groups in total. The molecule has 0 saturated heterocycles. The summed E-state index contributed by atoms with van der Waals surface area (Å²) in [6, 6.07) is 15.2. The van der Waals surface area contributed by atoms with Crippen molar-refractivity contribution in [2.45, 2.75) is 13.2 Å². The van der Waals surface area contributed by atoms with Crippen molar-refractivity contribution in [3.05, 3.63) is 80.5 Å². The van der Waals surface area contributed by atoms with E-state index in [4.69, 9.17) is 14.2 Å². The van der Waals surface area contributed by atoms with Gasteiger partial charge in [0, 0.05) is 14.1 Å². The first-order chi connectivity index (χ1) is 15.0. The Hall–Kier alpha value is -4.01. The Morgan fingerprint density at radius 2 is 1.74 bits per heavy atom. The smallest absolute Gasteiger partial charge is 0.332 e. The van der Waals surface area contributed by atoms with Crippen LogP contribution < -0.4 is 25.5 Å². The summed E-state index contributed by atoms with van der Waals surface area (Å²) in [6.07, 6.45) is 0. The zero-order valence-electron chi connectivity index (χ0n) is 17.1. The van der Waals surface area contributed by atoms with E-state index in [1.54, 1.807) is 18.7 Å². The van der Waals surface area contributed by atoms with Gasteiger partial charge in [0.15, 0.2) is 22.7 Å². The molecule has 0 saturated carbocycles. The third-order valence-electron chi connectivity index (χ3n) is 5.31. The average Bonchev–Trinajstić information content (AvgIpc) is 3.38. The first kappa shape index (κ1) is 19.0. The molecule has 0 spiro atoms. The molecule has 3 heterocycles.